The van der Waals surface area contributed by atoms with E-state index in [1.807, 2.05) is 67.5 Å². The van der Waals surface area contributed by atoms with Crippen LogP contribution in [0.3, 0.4) is 0 Å². The fourth-order valence-corrected chi connectivity index (χ4v) is 4.46. The Hall–Kier alpha value is -5.85. The van der Waals surface area contributed by atoms with Gasteiger partial charge in [-0.1, -0.05) is 24.3 Å². The number of nitrogens with two attached hydrogens (primary N) is 1. The normalized spacial score (nSPS) is 11.1. The Morgan fingerprint density at radius 3 is 2.17 bits per heavy atom. The van der Waals surface area contributed by atoms with Gasteiger partial charge in [0.25, 0.3) is 5.91 Å². The van der Waals surface area contributed by atoms with Crippen molar-refractivity contribution in [3.63, 3.8) is 0 Å². The molecule has 5 aromatic rings. The van der Waals surface area contributed by atoms with E-state index in [1.54, 1.807) is 24.3 Å². The van der Waals surface area contributed by atoms with Crippen LogP contribution in [0.4, 0.5) is 23.0 Å². The molecule has 5 rings (SSSR count). The number of nitrogens with one attached hydrogen (secondary N) is 3. The number of carbonyl (C=O) groups excluding carboxylic acids is 2. The summed E-state index contributed by atoms with van der Waals surface area (Å²) in [6, 6.07) is 22.5. The molecule has 3 aromatic carbocycles. The highest BCUT2D eigenvalue weighted by Crippen LogP contribution is 2.24. The molecule has 0 atom stereocenters. The predicted octanol–water partition coefficient (Wildman–Crippen LogP) is 4.99. The number of amides is 2. The largest absolute Gasteiger partial charge is 0.471 e. The average Bonchev–Trinajstić information content (AvgIpc) is 3.47. The molecule has 2 aromatic heterocycles. The highest BCUT2D eigenvalue weighted by atomic mass is 16.5. The number of anilines is 2. The quantitative estimate of drug-likeness (QED) is 0.105. The van der Waals surface area contributed by atoms with Gasteiger partial charge in [0.1, 0.15) is 12.4 Å². The minimum Gasteiger partial charge on any atom is -0.471 e. The first-order valence-corrected chi connectivity index (χ1v) is 14.8. The first kappa shape index (κ1) is 31.6. The van der Waals surface area contributed by atoms with E-state index < -0.39 is 0 Å². The van der Waals surface area contributed by atoms with Crippen molar-refractivity contribution >= 4 is 46.0 Å². The number of hydrogen-bond donors (Lipinski definition) is 4. The van der Waals surface area contributed by atoms with Gasteiger partial charge < -0.3 is 31.0 Å². The third-order valence-corrected chi connectivity index (χ3v) is 6.97. The molecule has 0 aliphatic rings. The predicted molar refractivity (Wildman–Crippen MR) is 176 cm³/mol. The second-order valence-corrected chi connectivity index (χ2v) is 10.8. The number of H-pyrrole nitrogens is 1. The van der Waals surface area contributed by atoms with E-state index in [2.05, 4.69) is 40.8 Å². The third kappa shape index (κ3) is 8.62. The van der Waals surface area contributed by atoms with Crippen LogP contribution in [-0.2, 0) is 24.4 Å². The van der Waals surface area contributed by atoms with E-state index in [4.69, 9.17) is 10.5 Å². The molecule has 0 aliphatic carbocycles. The lowest BCUT2D eigenvalue weighted by Crippen LogP contribution is -2.24. The van der Waals surface area contributed by atoms with E-state index in [0.29, 0.717) is 54.2 Å². The summed E-state index contributed by atoms with van der Waals surface area (Å²) in [6.07, 6.45) is 1.22. The van der Waals surface area contributed by atoms with Gasteiger partial charge >= 0.3 is 0 Å². The van der Waals surface area contributed by atoms with E-state index in [1.165, 1.54) is 6.92 Å². The SMILES string of the molecule is CC(=O)NCc1ccc(COc2nc(N)nc3[nH]c(CCCNC(=O)c4ccc(/N=N/c5ccc(N(C)C)cc5)cc4)nc23)cc1. The monoisotopic (exact) mass is 620 g/mol. The molecule has 0 saturated heterocycles. The smallest absolute Gasteiger partial charge is 0.251 e. The maximum Gasteiger partial charge on any atom is 0.251 e. The zero-order valence-corrected chi connectivity index (χ0v) is 25.9. The number of aromatic amines is 1. The summed E-state index contributed by atoms with van der Waals surface area (Å²) in [5.41, 5.74) is 11.8. The van der Waals surface area contributed by atoms with Gasteiger partial charge in [0.2, 0.25) is 17.7 Å². The van der Waals surface area contributed by atoms with Crippen molar-refractivity contribution in [2.24, 2.45) is 10.2 Å². The number of carbonyl (C=O) groups is 2. The summed E-state index contributed by atoms with van der Waals surface area (Å²) in [5.74, 6) is 0.783. The number of fused-ring (bicyclic) bond motifs is 1. The number of hydrogen-bond acceptors (Lipinski definition) is 10. The molecule has 0 fully saturated rings. The van der Waals surface area contributed by atoms with Crippen molar-refractivity contribution in [3.05, 3.63) is 95.3 Å². The number of ether oxygens (including phenoxy) is 1. The molecule has 5 N–H and O–H groups in total. The van der Waals surface area contributed by atoms with Gasteiger partial charge in [-0.3, -0.25) is 9.59 Å². The van der Waals surface area contributed by atoms with E-state index in [9.17, 15) is 9.59 Å². The topological polar surface area (TPSA) is 176 Å². The van der Waals surface area contributed by atoms with Gasteiger partial charge in [-0.15, -0.1) is 0 Å². The van der Waals surface area contributed by atoms with E-state index in [-0.39, 0.29) is 30.2 Å². The van der Waals surface area contributed by atoms with Crippen molar-refractivity contribution in [1.29, 1.82) is 0 Å². The summed E-state index contributed by atoms with van der Waals surface area (Å²) in [5, 5.41) is 14.2. The molecule has 0 aliphatic heterocycles. The van der Waals surface area contributed by atoms with Crippen LogP contribution in [0.15, 0.2) is 83.0 Å². The highest BCUT2D eigenvalue weighted by Gasteiger charge is 2.14. The summed E-state index contributed by atoms with van der Waals surface area (Å²) in [6.45, 7) is 2.66. The zero-order valence-electron chi connectivity index (χ0n) is 25.9. The maximum atomic E-state index is 12.7. The molecule has 0 spiro atoms. The van der Waals surface area contributed by atoms with Crippen molar-refractivity contribution in [2.75, 3.05) is 31.3 Å². The molecular weight excluding hydrogens is 584 g/mol. The van der Waals surface area contributed by atoms with Crippen LogP contribution in [0.1, 0.15) is 40.7 Å². The molecular formula is C33H36N10O3. The molecule has 46 heavy (non-hydrogen) atoms. The van der Waals surface area contributed by atoms with Crippen LogP contribution in [0.5, 0.6) is 5.88 Å². The summed E-state index contributed by atoms with van der Waals surface area (Å²) in [7, 11) is 3.96. The molecule has 0 unspecified atom stereocenters. The van der Waals surface area contributed by atoms with Gasteiger partial charge in [-0.25, -0.2) is 4.98 Å². The van der Waals surface area contributed by atoms with E-state index in [0.717, 1.165) is 22.5 Å². The lowest BCUT2D eigenvalue weighted by atomic mass is 10.1. The van der Waals surface area contributed by atoms with Crippen LogP contribution >= 0.6 is 0 Å². The number of aryl methyl sites for hydroxylation is 1. The zero-order chi connectivity index (χ0) is 32.5. The molecule has 0 radical (unpaired) electrons. The molecule has 13 heteroatoms. The Balaban J connectivity index is 1.10. The lowest BCUT2D eigenvalue weighted by Gasteiger charge is -2.11. The van der Waals surface area contributed by atoms with Crippen LogP contribution in [0, 0.1) is 0 Å². The highest BCUT2D eigenvalue weighted by molar-refractivity contribution is 5.94. The van der Waals surface area contributed by atoms with Gasteiger partial charge in [-0.05, 0) is 66.1 Å². The van der Waals surface area contributed by atoms with Crippen LogP contribution in [-0.4, -0.2) is 52.4 Å². The molecule has 0 bridgehead atoms. The third-order valence-electron chi connectivity index (χ3n) is 6.97. The Morgan fingerprint density at radius 1 is 0.870 bits per heavy atom. The van der Waals surface area contributed by atoms with Crippen molar-refractivity contribution in [2.45, 2.75) is 32.9 Å². The lowest BCUT2D eigenvalue weighted by molar-refractivity contribution is -0.119. The number of aromatic nitrogens is 4. The van der Waals surface area contributed by atoms with Crippen LogP contribution in [0.25, 0.3) is 11.2 Å². The second kappa shape index (κ2) is 14.8. The number of azo groups is 1. The Kier molecular flexibility index (Phi) is 10.1. The fraction of sp³-hybridized carbons (Fsp3) is 0.242. The number of rotatable bonds is 13. The Labute approximate surface area is 266 Å². The minimum atomic E-state index is -0.176. The van der Waals surface area contributed by atoms with Gasteiger partial charge in [0, 0.05) is 51.8 Å². The van der Waals surface area contributed by atoms with Gasteiger partial charge in [0.05, 0.1) is 11.4 Å². The average molecular weight is 621 g/mol. The van der Waals surface area contributed by atoms with Gasteiger partial charge in [-0.2, -0.15) is 20.2 Å². The molecule has 236 valence electrons. The van der Waals surface area contributed by atoms with Crippen LogP contribution < -0.4 is 26.0 Å². The number of nitrogens with zero attached hydrogens (tertiary/aromatic N) is 6. The standard InChI is InChI=1S/C33H36N10O3/c1-21(44)36-19-22-6-8-23(9-7-22)20-46-32-29-30(39-33(34)40-32)38-28(37-29)5-4-18-35-31(45)24-10-12-25(13-11-24)41-42-26-14-16-27(17-15-26)43(2)3/h6-17H,4-5,18-20H2,1-3H3,(H,35,45)(H,36,44)(H3,34,37,38,39,40)/b42-41+. The molecule has 2 amide bonds. The summed E-state index contributed by atoms with van der Waals surface area (Å²) < 4.78 is 5.95. The summed E-state index contributed by atoms with van der Waals surface area (Å²) in [4.78, 5) is 42.1. The Morgan fingerprint density at radius 2 is 1.52 bits per heavy atom. The Bertz CT molecular complexity index is 1820. The number of benzene rings is 3. The summed E-state index contributed by atoms with van der Waals surface area (Å²) >= 11 is 0. The van der Waals surface area contributed by atoms with E-state index >= 15 is 0 Å². The van der Waals surface area contributed by atoms with Gasteiger partial charge in [0.15, 0.2) is 11.2 Å². The molecule has 0 saturated carbocycles. The van der Waals surface area contributed by atoms with Crippen LogP contribution in [0.2, 0.25) is 0 Å². The fourth-order valence-electron chi connectivity index (χ4n) is 4.46. The second-order valence-electron chi connectivity index (χ2n) is 10.8. The van der Waals surface area contributed by atoms with Crippen molar-refractivity contribution in [1.82, 2.24) is 30.6 Å². The molecule has 2 heterocycles. The number of imidazole rings is 1. The number of nitrogen functional groups attached to an aromatic ring is 1. The van der Waals surface area contributed by atoms with Crippen molar-refractivity contribution < 1.29 is 14.3 Å². The molecule has 13 nitrogen and oxygen atoms in total. The maximum absolute atomic E-state index is 12.7. The minimum absolute atomic E-state index is 0.0711. The first-order valence-electron chi connectivity index (χ1n) is 14.8. The first-order chi connectivity index (χ1) is 22.2. The van der Waals surface area contributed by atoms with Crippen molar-refractivity contribution in [3.8, 4) is 5.88 Å².